The molecule has 0 aliphatic heterocycles. The molecule has 0 saturated carbocycles. The van der Waals surface area contributed by atoms with Crippen molar-refractivity contribution in [1.29, 1.82) is 0 Å². The van der Waals surface area contributed by atoms with Gasteiger partial charge in [0.1, 0.15) is 6.42 Å². The fraction of sp³-hybridized carbons (Fsp3) is 0.176. The summed E-state index contributed by atoms with van der Waals surface area (Å²) < 4.78 is 0. The Morgan fingerprint density at radius 3 is 2.45 bits per heavy atom. The maximum absolute atomic E-state index is 12.1. The van der Waals surface area contributed by atoms with Gasteiger partial charge in [-0.05, 0) is 36.8 Å². The summed E-state index contributed by atoms with van der Waals surface area (Å²) in [5, 5.41) is 3.25. The number of amides is 2. The minimum atomic E-state index is -0.368. The molecule has 1 N–H and O–H groups in total. The molecule has 2 aromatic carbocycles. The van der Waals surface area contributed by atoms with Gasteiger partial charge in [-0.15, -0.1) is 0 Å². The van der Waals surface area contributed by atoms with E-state index in [9.17, 15) is 9.59 Å². The molecular formula is C17H17ClN2O2. The van der Waals surface area contributed by atoms with Gasteiger partial charge in [-0.3, -0.25) is 9.59 Å². The molecule has 2 rings (SSSR count). The van der Waals surface area contributed by atoms with Gasteiger partial charge in [0.25, 0.3) is 0 Å². The molecule has 0 heterocycles. The van der Waals surface area contributed by atoms with Gasteiger partial charge < -0.3 is 10.2 Å². The van der Waals surface area contributed by atoms with Crippen LogP contribution in [-0.2, 0) is 9.59 Å². The number of rotatable bonds is 4. The molecule has 0 aliphatic carbocycles. The van der Waals surface area contributed by atoms with Gasteiger partial charge in [-0.1, -0.05) is 35.9 Å². The van der Waals surface area contributed by atoms with E-state index >= 15 is 0 Å². The van der Waals surface area contributed by atoms with Crippen LogP contribution in [0.1, 0.15) is 12.0 Å². The zero-order valence-electron chi connectivity index (χ0n) is 12.5. The third kappa shape index (κ3) is 4.09. The van der Waals surface area contributed by atoms with E-state index in [1.807, 2.05) is 43.3 Å². The van der Waals surface area contributed by atoms with Crippen molar-refractivity contribution in [3.05, 3.63) is 59.1 Å². The van der Waals surface area contributed by atoms with Crippen LogP contribution < -0.4 is 10.2 Å². The summed E-state index contributed by atoms with van der Waals surface area (Å²) in [6, 6.07) is 14.4. The number of aryl methyl sites for hydroxylation is 1. The van der Waals surface area contributed by atoms with Crippen molar-refractivity contribution in [2.75, 3.05) is 17.3 Å². The van der Waals surface area contributed by atoms with Crippen molar-refractivity contribution >= 4 is 34.8 Å². The monoisotopic (exact) mass is 316 g/mol. The predicted octanol–water partition coefficient (Wildman–Crippen LogP) is 3.64. The van der Waals surface area contributed by atoms with Crippen molar-refractivity contribution in [3.63, 3.8) is 0 Å². The van der Waals surface area contributed by atoms with Crippen LogP contribution in [0.15, 0.2) is 48.5 Å². The highest BCUT2D eigenvalue weighted by molar-refractivity contribution is 6.31. The molecule has 4 nitrogen and oxygen atoms in total. The number of carbonyl (C=O) groups excluding carboxylic acids is 2. The first-order valence-electron chi connectivity index (χ1n) is 6.85. The van der Waals surface area contributed by atoms with Crippen molar-refractivity contribution in [3.8, 4) is 0 Å². The first-order chi connectivity index (χ1) is 10.5. The van der Waals surface area contributed by atoms with E-state index in [0.717, 1.165) is 11.3 Å². The molecule has 0 spiro atoms. The van der Waals surface area contributed by atoms with Crippen LogP contribution in [0.2, 0.25) is 5.02 Å². The van der Waals surface area contributed by atoms with E-state index in [1.165, 1.54) is 4.90 Å². The van der Waals surface area contributed by atoms with E-state index < -0.39 is 0 Å². The lowest BCUT2D eigenvalue weighted by Crippen LogP contribution is -2.30. The summed E-state index contributed by atoms with van der Waals surface area (Å²) in [4.78, 5) is 25.5. The van der Waals surface area contributed by atoms with Crippen LogP contribution in [0, 0.1) is 6.92 Å². The Labute approximate surface area is 134 Å². The number of carbonyl (C=O) groups is 2. The Morgan fingerprint density at radius 2 is 1.82 bits per heavy atom. The Kier molecular flexibility index (Phi) is 5.17. The second-order valence-corrected chi connectivity index (χ2v) is 5.38. The lowest BCUT2D eigenvalue weighted by Gasteiger charge is -2.17. The van der Waals surface area contributed by atoms with Crippen LogP contribution >= 0.6 is 11.6 Å². The molecule has 0 bridgehead atoms. The molecular weight excluding hydrogens is 300 g/mol. The maximum Gasteiger partial charge on any atom is 0.236 e. The quantitative estimate of drug-likeness (QED) is 0.875. The summed E-state index contributed by atoms with van der Waals surface area (Å²) >= 11 is 6.01. The van der Waals surface area contributed by atoms with E-state index in [4.69, 9.17) is 11.6 Å². The van der Waals surface area contributed by atoms with Gasteiger partial charge in [0, 0.05) is 23.4 Å². The summed E-state index contributed by atoms with van der Waals surface area (Å²) in [6.45, 7) is 1.88. The number of para-hydroxylation sites is 1. The standard InChI is InChI=1S/C17H17ClN2O2/c1-12-8-9-13(10-15(12)18)19-16(21)11-17(22)20(2)14-6-4-3-5-7-14/h3-10H,11H2,1-2H3,(H,19,21). The van der Waals surface area contributed by atoms with Crippen molar-refractivity contribution < 1.29 is 9.59 Å². The molecule has 0 fully saturated rings. The Morgan fingerprint density at radius 1 is 1.14 bits per heavy atom. The Balaban J connectivity index is 1.96. The molecule has 114 valence electrons. The Bertz CT molecular complexity index is 686. The van der Waals surface area contributed by atoms with Gasteiger partial charge >= 0.3 is 0 Å². The van der Waals surface area contributed by atoms with Gasteiger partial charge in [-0.25, -0.2) is 0 Å². The van der Waals surface area contributed by atoms with Crippen molar-refractivity contribution in [2.24, 2.45) is 0 Å². The SMILES string of the molecule is Cc1ccc(NC(=O)CC(=O)N(C)c2ccccc2)cc1Cl. The molecule has 0 aliphatic rings. The van der Waals surface area contributed by atoms with Gasteiger partial charge in [0.05, 0.1) is 0 Å². The van der Waals surface area contributed by atoms with E-state index in [1.54, 1.807) is 19.2 Å². The normalized spacial score (nSPS) is 10.1. The predicted molar refractivity (Wildman–Crippen MR) is 89.3 cm³/mol. The molecule has 22 heavy (non-hydrogen) atoms. The summed E-state index contributed by atoms with van der Waals surface area (Å²) in [5.41, 5.74) is 2.26. The highest BCUT2D eigenvalue weighted by Crippen LogP contribution is 2.20. The van der Waals surface area contributed by atoms with Gasteiger partial charge in [0.15, 0.2) is 0 Å². The highest BCUT2D eigenvalue weighted by Gasteiger charge is 2.15. The summed E-state index contributed by atoms with van der Waals surface area (Å²) in [7, 11) is 1.65. The minimum absolute atomic E-state index is 0.225. The van der Waals surface area contributed by atoms with Crippen LogP contribution in [0.4, 0.5) is 11.4 Å². The summed E-state index contributed by atoms with van der Waals surface area (Å²) in [6.07, 6.45) is -0.225. The number of anilines is 2. The number of benzene rings is 2. The lowest BCUT2D eigenvalue weighted by molar-refractivity contribution is -0.125. The van der Waals surface area contributed by atoms with Crippen LogP contribution in [0.3, 0.4) is 0 Å². The minimum Gasteiger partial charge on any atom is -0.326 e. The number of hydrogen-bond acceptors (Lipinski definition) is 2. The average molecular weight is 317 g/mol. The van der Waals surface area contributed by atoms with E-state index in [2.05, 4.69) is 5.32 Å². The molecule has 0 saturated heterocycles. The van der Waals surface area contributed by atoms with Gasteiger partial charge in [-0.2, -0.15) is 0 Å². The second kappa shape index (κ2) is 7.09. The zero-order chi connectivity index (χ0) is 16.1. The molecule has 5 heteroatoms. The third-order valence-electron chi connectivity index (χ3n) is 3.28. The number of hydrogen-bond donors (Lipinski definition) is 1. The van der Waals surface area contributed by atoms with Crippen LogP contribution in [0.25, 0.3) is 0 Å². The van der Waals surface area contributed by atoms with Gasteiger partial charge in [0.2, 0.25) is 11.8 Å². The topological polar surface area (TPSA) is 49.4 Å². The molecule has 0 aromatic heterocycles. The van der Waals surface area contributed by atoms with Crippen molar-refractivity contribution in [2.45, 2.75) is 13.3 Å². The fourth-order valence-electron chi connectivity index (χ4n) is 1.93. The van der Waals surface area contributed by atoms with E-state index in [0.29, 0.717) is 10.7 Å². The Hall–Kier alpha value is -2.33. The van der Waals surface area contributed by atoms with E-state index in [-0.39, 0.29) is 18.2 Å². The van der Waals surface area contributed by atoms with Crippen molar-refractivity contribution in [1.82, 2.24) is 0 Å². The molecule has 2 aromatic rings. The highest BCUT2D eigenvalue weighted by atomic mass is 35.5. The fourth-order valence-corrected chi connectivity index (χ4v) is 2.11. The first kappa shape index (κ1) is 16.0. The first-order valence-corrected chi connectivity index (χ1v) is 7.23. The molecule has 0 atom stereocenters. The number of halogens is 1. The molecule has 2 amide bonds. The zero-order valence-corrected chi connectivity index (χ0v) is 13.2. The molecule has 0 unspecified atom stereocenters. The third-order valence-corrected chi connectivity index (χ3v) is 3.69. The lowest BCUT2D eigenvalue weighted by atomic mass is 10.2. The number of nitrogens with zero attached hydrogens (tertiary/aromatic N) is 1. The largest absolute Gasteiger partial charge is 0.326 e. The summed E-state index contributed by atoms with van der Waals surface area (Å²) in [5.74, 6) is -0.644. The molecule has 0 radical (unpaired) electrons. The second-order valence-electron chi connectivity index (χ2n) is 4.98. The number of nitrogens with one attached hydrogen (secondary N) is 1. The maximum atomic E-state index is 12.1. The van der Waals surface area contributed by atoms with Crippen LogP contribution in [0.5, 0.6) is 0 Å². The average Bonchev–Trinajstić information content (AvgIpc) is 2.51. The smallest absolute Gasteiger partial charge is 0.236 e. The van der Waals surface area contributed by atoms with Crippen LogP contribution in [-0.4, -0.2) is 18.9 Å².